The first-order valence-corrected chi connectivity index (χ1v) is 14.5. The molecule has 1 fully saturated rings. The second kappa shape index (κ2) is 12.1. The van der Waals surface area contributed by atoms with E-state index in [1.54, 1.807) is 40.7 Å². The number of hydrogen-bond acceptors (Lipinski definition) is 7. The van der Waals surface area contributed by atoms with E-state index < -0.39 is 38.4 Å². The summed E-state index contributed by atoms with van der Waals surface area (Å²) < 4.78 is 35.5. The van der Waals surface area contributed by atoms with Crippen molar-refractivity contribution >= 4 is 40.1 Å². The molecule has 1 unspecified atom stereocenters. The molecule has 0 spiro atoms. The minimum absolute atomic E-state index is 0.0236. The SMILES string of the molecule is C=NC(=O)Cc1cnc(-n2c(C)ccc(NS(=O)(=O)C(C)C3CCCCC3)c2=O)c(NC(=O)OC(C)(C)C)c1. The van der Waals surface area contributed by atoms with Crippen LogP contribution >= 0.6 is 0 Å². The van der Waals surface area contributed by atoms with Gasteiger partial charge in [-0.3, -0.25) is 24.2 Å². The molecule has 1 aliphatic carbocycles. The highest BCUT2D eigenvalue weighted by Gasteiger charge is 2.31. The number of aryl methyl sites for hydroxylation is 1. The van der Waals surface area contributed by atoms with Crippen LogP contribution in [0.15, 0.2) is 34.2 Å². The molecule has 2 heterocycles. The molecule has 2 aromatic heterocycles. The average Bonchev–Trinajstić information content (AvgIpc) is 2.85. The van der Waals surface area contributed by atoms with Gasteiger partial charge in [0.2, 0.25) is 15.9 Å². The Bertz CT molecular complexity index is 1400. The molecule has 2 N–H and O–H groups in total. The summed E-state index contributed by atoms with van der Waals surface area (Å²) in [6.45, 7) is 11.7. The van der Waals surface area contributed by atoms with Crippen molar-refractivity contribution in [2.24, 2.45) is 10.9 Å². The van der Waals surface area contributed by atoms with E-state index >= 15 is 0 Å². The highest BCUT2D eigenvalue weighted by molar-refractivity contribution is 7.93. The largest absolute Gasteiger partial charge is 0.444 e. The third-order valence-corrected chi connectivity index (χ3v) is 8.50. The van der Waals surface area contributed by atoms with E-state index in [1.165, 1.54) is 22.9 Å². The van der Waals surface area contributed by atoms with Crippen LogP contribution in [0.5, 0.6) is 0 Å². The molecule has 1 atom stereocenters. The molecule has 39 heavy (non-hydrogen) atoms. The minimum Gasteiger partial charge on any atom is -0.444 e. The summed E-state index contributed by atoms with van der Waals surface area (Å²) >= 11 is 0. The first kappa shape index (κ1) is 30.0. The fourth-order valence-corrected chi connectivity index (χ4v) is 6.01. The predicted octanol–water partition coefficient (Wildman–Crippen LogP) is 4.37. The summed E-state index contributed by atoms with van der Waals surface area (Å²) in [6, 6.07) is 4.49. The monoisotopic (exact) mass is 559 g/mol. The van der Waals surface area contributed by atoms with Crippen LogP contribution in [-0.4, -0.2) is 47.5 Å². The summed E-state index contributed by atoms with van der Waals surface area (Å²) in [7, 11) is -3.85. The van der Waals surface area contributed by atoms with Crippen molar-refractivity contribution in [3.05, 3.63) is 46.0 Å². The highest BCUT2D eigenvalue weighted by atomic mass is 32.2. The Morgan fingerprint density at radius 3 is 2.49 bits per heavy atom. The summed E-state index contributed by atoms with van der Waals surface area (Å²) in [6.07, 6.45) is 5.22. The number of pyridine rings is 2. The third kappa shape index (κ3) is 7.75. The number of anilines is 2. The van der Waals surface area contributed by atoms with Gasteiger partial charge in [-0.05, 0) is 83.9 Å². The summed E-state index contributed by atoms with van der Waals surface area (Å²) in [5, 5.41) is 1.94. The van der Waals surface area contributed by atoms with Gasteiger partial charge in [0.05, 0.1) is 17.4 Å². The number of aromatic nitrogens is 2. The smallest absolute Gasteiger partial charge is 0.412 e. The van der Waals surface area contributed by atoms with Gasteiger partial charge in [-0.2, -0.15) is 0 Å². The van der Waals surface area contributed by atoms with E-state index in [0.29, 0.717) is 11.3 Å². The molecule has 1 aliphatic rings. The Balaban J connectivity index is 2.04. The van der Waals surface area contributed by atoms with Crippen LogP contribution in [0.2, 0.25) is 0 Å². The van der Waals surface area contributed by atoms with E-state index in [9.17, 15) is 22.8 Å². The van der Waals surface area contributed by atoms with Crippen LogP contribution in [0.3, 0.4) is 0 Å². The van der Waals surface area contributed by atoms with Crippen LogP contribution in [0, 0.1) is 12.8 Å². The Kier molecular flexibility index (Phi) is 9.31. The number of sulfonamides is 1. The van der Waals surface area contributed by atoms with Gasteiger partial charge in [-0.25, -0.2) is 23.2 Å². The number of hydrogen-bond donors (Lipinski definition) is 2. The summed E-state index contributed by atoms with van der Waals surface area (Å²) in [5.41, 5.74) is -0.628. The Hall–Kier alpha value is -3.54. The number of amides is 2. The van der Waals surface area contributed by atoms with Gasteiger partial charge in [-0.1, -0.05) is 19.3 Å². The molecule has 3 rings (SSSR count). The van der Waals surface area contributed by atoms with Crippen LogP contribution in [0.4, 0.5) is 16.2 Å². The maximum Gasteiger partial charge on any atom is 0.412 e. The normalized spacial score (nSPS) is 15.3. The maximum atomic E-state index is 13.6. The standard InChI is InChI=1S/C27H37N5O6S/c1-17-12-13-21(31-39(36,37)18(2)20-10-8-7-9-11-20)25(34)32(17)24-22(30-26(35)38-27(3,4)5)14-19(16-29-24)15-23(33)28-6/h12-14,16,18,20,31H,6-11,15H2,1-5H3,(H,30,35). The lowest BCUT2D eigenvalue weighted by Crippen LogP contribution is -2.35. The minimum atomic E-state index is -3.85. The van der Waals surface area contributed by atoms with E-state index in [-0.39, 0.29) is 29.5 Å². The molecule has 1 saturated carbocycles. The number of nitrogens with one attached hydrogen (secondary N) is 2. The van der Waals surface area contributed by atoms with Gasteiger partial charge >= 0.3 is 6.09 Å². The molecule has 0 aliphatic heterocycles. The van der Waals surface area contributed by atoms with E-state index in [0.717, 1.165) is 32.1 Å². The molecular weight excluding hydrogens is 522 g/mol. The fourth-order valence-electron chi connectivity index (χ4n) is 4.59. The average molecular weight is 560 g/mol. The zero-order chi connectivity index (χ0) is 29.0. The van der Waals surface area contributed by atoms with Crippen molar-refractivity contribution in [1.82, 2.24) is 9.55 Å². The van der Waals surface area contributed by atoms with Crippen molar-refractivity contribution in [3.63, 3.8) is 0 Å². The quantitative estimate of drug-likeness (QED) is 0.456. The molecule has 0 saturated heterocycles. The zero-order valence-electron chi connectivity index (χ0n) is 23.1. The Morgan fingerprint density at radius 1 is 1.21 bits per heavy atom. The van der Waals surface area contributed by atoms with Crippen LogP contribution in [-0.2, 0) is 26.0 Å². The fraction of sp³-hybridized carbons (Fsp3) is 0.519. The molecule has 2 aromatic rings. The maximum absolute atomic E-state index is 13.6. The number of carbonyl (C=O) groups is 2. The van der Waals surface area contributed by atoms with Gasteiger partial charge in [0.1, 0.15) is 11.3 Å². The van der Waals surface area contributed by atoms with Gasteiger partial charge in [-0.15, -0.1) is 0 Å². The number of ether oxygens (including phenoxy) is 1. The number of nitrogens with zero attached hydrogens (tertiary/aromatic N) is 3. The number of carbonyl (C=O) groups excluding carboxylic acids is 2. The van der Waals surface area contributed by atoms with Crippen molar-refractivity contribution < 1.29 is 22.7 Å². The van der Waals surface area contributed by atoms with Crippen LogP contribution < -0.4 is 15.6 Å². The lowest BCUT2D eigenvalue weighted by Gasteiger charge is -2.27. The Labute approximate surface area is 229 Å². The van der Waals surface area contributed by atoms with Gasteiger partial charge in [0.25, 0.3) is 5.56 Å². The second-order valence-electron chi connectivity index (χ2n) is 10.8. The number of aliphatic imine (C=N–C) groups is 1. The van der Waals surface area contributed by atoms with E-state index in [1.807, 2.05) is 0 Å². The summed E-state index contributed by atoms with van der Waals surface area (Å²) in [5.74, 6) is -0.437. The second-order valence-corrected chi connectivity index (χ2v) is 12.9. The predicted molar refractivity (Wildman–Crippen MR) is 151 cm³/mol. The van der Waals surface area contributed by atoms with Crippen molar-refractivity contribution in [2.75, 3.05) is 10.0 Å². The Morgan fingerprint density at radius 2 is 1.87 bits per heavy atom. The summed E-state index contributed by atoms with van der Waals surface area (Å²) in [4.78, 5) is 45.8. The highest BCUT2D eigenvalue weighted by Crippen LogP contribution is 2.30. The molecule has 12 heteroatoms. The first-order chi connectivity index (χ1) is 18.2. The van der Waals surface area contributed by atoms with Crippen molar-refractivity contribution in [3.8, 4) is 5.82 Å². The molecule has 11 nitrogen and oxygen atoms in total. The molecule has 0 aromatic carbocycles. The molecule has 0 radical (unpaired) electrons. The van der Waals surface area contributed by atoms with E-state index in [2.05, 4.69) is 26.7 Å². The van der Waals surface area contributed by atoms with Crippen LogP contribution in [0.25, 0.3) is 5.82 Å². The molecular formula is C27H37N5O6S. The molecule has 0 bridgehead atoms. The first-order valence-electron chi connectivity index (χ1n) is 12.9. The van der Waals surface area contributed by atoms with Crippen molar-refractivity contribution in [2.45, 2.75) is 84.0 Å². The zero-order valence-corrected chi connectivity index (χ0v) is 23.9. The van der Waals surface area contributed by atoms with Crippen LogP contribution in [0.1, 0.15) is 71.1 Å². The topological polar surface area (TPSA) is 149 Å². The van der Waals surface area contributed by atoms with Gasteiger partial charge in [0.15, 0.2) is 5.82 Å². The third-order valence-electron chi connectivity index (χ3n) is 6.64. The van der Waals surface area contributed by atoms with E-state index in [4.69, 9.17) is 4.74 Å². The molecule has 212 valence electrons. The lowest BCUT2D eigenvalue weighted by molar-refractivity contribution is -0.117. The number of rotatable bonds is 8. The molecule has 2 amide bonds. The lowest BCUT2D eigenvalue weighted by atomic mass is 9.87. The van der Waals surface area contributed by atoms with Gasteiger partial charge < -0.3 is 4.74 Å². The van der Waals surface area contributed by atoms with Crippen molar-refractivity contribution in [1.29, 1.82) is 0 Å². The van der Waals surface area contributed by atoms with Gasteiger partial charge in [0, 0.05) is 11.9 Å².